The van der Waals surface area contributed by atoms with Crippen molar-refractivity contribution in [1.82, 2.24) is 30.0 Å². The number of carbonyl (C=O) groups is 1. The second-order valence-corrected chi connectivity index (χ2v) is 12.5. The van der Waals surface area contributed by atoms with Gasteiger partial charge < -0.3 is 14.5 Å². The number of amides is 1. The van der Waals surface area contributed by atoms with Gasteiger partial charge in [0.2, 0.25) is 5.91 Å². The third-order valence-corrected chi connectivity index (χ3v) is 9.10. The van der Waals surface area contributed by atoms with Gasteiger partial charge in [-0.1, -0.05) is 24.2 Å². The molecule has 2 aliphatic heterocycles. The highest BCUT2D eigenvalue weighted by molar-refractivity contribution is 6.35. The lowest BCUT2D eigenvalue weighted by Crippen LogP contribution is -2.58. The number of fused-ring (bicyclic) bond motifs is 2. The van der Waals surface area contributed by atoms with Gasteiger partial charge in [-0.2, -0.15) is 15.1 Å². The van der Waals surface area contributed by atoms with E-state index in [1.54, 1.807) is 15.9 Å². The van der Waals surface area contributed by atoms with E-state index in [0.29, 0.717) is 35.4 Å². The SMILES string of the molecule is C=CC(=O)N1C[C@H](C)N(c2nc(OCCN3CCC(F)(F)C3)nc3c(F)c(-c4c(C)ccc5n[nH]c(C)c45)c(Cl)cc23)C[C@H]1C. The van der Waals surface area contributed by atoms with E-state index in [1.165, 1.54) is 6.08 Å². The molecule has 4 heterocycles. The summed E-state index contributed by atoms with van der Waals surface area (Å²) in [6.45, 7) is 12.3. The van der Waals surface area contributed by atoms with Gasteiger partial charge in [0.1, 0.15) is 17.9 Å². The van der Waals surface area contributed by atoms with E-state index in [4.69, 9.17) is 21.3 Å². The van der Waals surface area contributed by atoms with Crippen LogP contribution in [0.4, 0.5) is 19.0 Å². The molecular weight excluding hydrogens is 607 g/mol. The fourth-order valence-electron chi connectivity index (χ4n) is 6.47. The highest BCUT2D eigenvalue weighted by Gasteiger charge is 2.38. The molecule has 6 rings (SSSR count). The molecule has 1 amide bonds. The van der Waals surface area contributed by atoms with Crippen molar-refractivity contribution >= 4 is 45.1 Å². The van der Waals surface area contributed by atoms with Crippen molar-refractivity contribution in [3.05, 3.63) is 53.0 Å². The number of aromatic nitrogens is 4. The molecule has 238 valence electrons. The molecule has 0 radical (unpaired) electrons. The highest BCUT2D eigenvalue weighted by Crippen LogP contribution is 2.43. The van der Waals surface area contributed by atoms with Crippen LogP contribution < -0.4 is 9.64 Å². The Kier molecular flexibility index (Phi) is 8.15. The Morgan fingerprint density at radius 3 is 2.69 bits per heavy atom. The summed E-state index contributed by atoms with van der Waals surface area (Å²) < 4.78 is 50.3. The first-order valence-electron chi connectivity index (χ1n) is 15.0. The van der Waals surface area contributed by atoms with E-state index >= 15 is 4.39 Å². The minimum absolute atomic E-state index is 0.0177. The average Bonchev–Trinajstić information content (AvgIpc) is 3.55. The van der Waals surface area contributed by atoms with Gasteiger partial charge in [0.25, 0.3) is 5.92 Å². The van der Waals surface area contributed by atoms with Crippen LogP contribution in [0.3, 0.4) is 0 Å². The minimum Gasteiger partial charge on any atom is -0.462 e. The van der Waals surface area contributed by atoms with E-state index in [-0.39, 0.29) is 72.8 Å². The lowest BCUT2D eigenvalue weighted by Gasteiger charge is -2.44. The van der Waals surface area contributed by atoms with E-state index in [0.717, 1.165) is 16.6 Å². The van der Waals surface area contributed by atoms with Gasteiger partial charge in [-0.25, -0.2) is 13.2 Å². The molecule has 2 aromatic heterocycles. The highest BCUT2D eigenvalue weighted by atomic mass is 35.5. The molecule has 2 fully saturated rings. The summed E-state index contributed by atoms with van der Waals surface area (Å²) >= 11 is 6.91. The number of carbonyl (C=O) groups excluding carboxylic acids is 1. The van der Waals surface area contributed by atoms with Crippen LogP contribution in [0, 0.1) is 19.7 Å². The van der Waals surface area contributed by atoms with Gasteiger partial charge in [0.15, 0.2) is 5.82 Å². The fraction of sp³-hybridized carbons (Fsp3) is 0.438. The second kappa shape index (κ2) is 11.8. The summed E-state index contributed by atoms with van der Waals surface area (Å²) in [5.74, 6) is -3.12. The molecule has 0 spiro atoms. The Morgan fingerprint density at radius 2 is 1.98 bits per heavy atom. The Labute approximate surface area is 264 Å². The largest absolute Gasteiger partial charge is 0.462 e. The van der Waals surface area contributed by atoms with Crippen molar-refractivity contribution in [3.63, 3.8) is 0 Å². The maximum absolute atomic E-state index is 16.9. The number of anilines is 1. The second-order valence-electron chi connectivity index (χ2n) is 12.0. The van der Waals surface area contributed by atoms with Crippen molar-refractivity contribution in [1.29, 1.82) is 0 Å². The number of likely N-dealkylation sites (tertiary alicyclic amines) is 1. The molecule has 45 heavy (non-hydrogen) atoms. The van der Waals surface area contributed by atoms with Crippen molar-refractivity contribution in [2.75, 3.05) is 44.2 Å². The number of hydrogen-bond acceptors (Lipinski definition) is 7. The number of nitrogens with one attached hydrogen (secondary N) is 1. The quantitative estimate of drug-likeness (QED) is 0.251. The van der Waals surface area contributed by atoms with E-state index in [2.05, 4.69) is 21.8 Å². The zero-order valence-electron chi connectivity index (χ0n) is 25.6. The predicted octanol–water partition coefficient (Wildman–Crippen LogP) is 5.91. The monoisotopic (exact) mass is 641 g/mol. The Hall–Kier alpha value is -3.90. The van der Waals surface area contributed by atoms with Gasteiger partial charge in [-0.05, 0) is 51.5 Å². The smallest absolute Gasteiger partial charge is 0.319 e. The lowest BCUT2D eigenvalue weighted by molar-refractivity contribution is -0.128. The van der Waals surface area contributed by atoms with Crippen molar-refractivity contribution in [2.45, 2.75) is 52.1 Å². The summed E-state index contributed by atoms with van der Waals surface area (Å²) in [6.07, 6.45) is 1.10. The maximum atomic E-state index is 16.9. The van der Waals surface area contributed by atoms with E-state index < -0.39 is 11.7 Å². The molecule has 2 saturated heterocycles. The van der Waals surface area contributed by atoms with Gasteiger partial charge in [-0.3, -0.25) is 14.8 Å². The standard InChI is InChI=1S/C32H35ClF3N7O2/c1-6-24(44)42-14-19(4)43(15-18(42)3)30-21-13-22(33)27(25-17(2)7-8-23-26(25)20(5)39-40-23)28(34)29(21)37-31(38-30)45-12-11-41-10-9-32(35,36)16-41/h6-8,13,18-19H,1,9-12,14-16H2,2-5H3,(H,39,40)/t18-,19+/m1/s1. The molecule has 0 saturated carbocycles. The molecule has 13 heteroatoms. The topological polar surface area (TPSA) is 90.5 Å². The van der Waals surface area contributed by atoms with Gasteiger partial charge in [0.05, 0.1) is 17.1 Å². The summed E-state index contributed by atoms with van der Waals surface area (Å²) in [4.78, 5) is 27.1. The summed E-state index contributed by atoms with van der Waals surface area (Å²) in [5, 5.41) is 8.66. The van der Waals surface area contributed by atoms with Crippen LogP contribution in [0.5, 0.6) is 6.01 Å². The maximum Gasteiger partial charge on any atom is 0.319 e. The Balaban J connectivity index is 1.46. The van der Waals surface area contributed by atoms with Crippen LogP contribution in [0.1, 0.15) is 31.5 Å². The number of halogens is 4. The van der Waals surface area contributed by atoms with Gasteiger partial charge in [0, 0.05) is 72.3 Å². The Morgan fingerprint density at radius 1 is 1.20 bits per heavy atom. The third kappa shape index (κ3) is 5.69. The fourth-order valence-corrected chi connectivity index (χ4v) is 6.76. The molecule has 4 aromatic rings. The van der Waals surface area contributed by atoms with Crippen LogP contribution in [0.2, 0.25) is 5.02 Å². The number of benzene rings is 2. The molecule has 2 aliphatic rings. The first kappa shape index (κ1) is 31.1. The number of aromatic amines is 1. The number of ether oxygens (including phenoxy) is 1. The average molecular weight is 642 g/mol. The first-order valence-corrected chi connectivity index (χ1v) is 15.3. The number of piperazine rings is 1. The Bertz CT molecular complexity index is 1810. The number of alkyl halides is 2. The number of H-pyrrole nitrogens is 1. The molecule has 0 unspecified atom stereocenters. The number of hydrogen-bond donors (Lipinski definition) is 1. The first-order chi connectivity index (χ1) is 21.4. The summed E-state index contributed by atoms with van der Waals surface area (Å²) in [5.41, 5.74) is 3.08. The summed E-state index contributed by atoms with van der Waals surface area (Å²) in [6, 6.07) is 4.94. The number of nitrogens with zero attached hydrogens (tertiary/aromatic N) is 6. The zero-order chi connectivity index (χ0) is 32.2. The summed E-state index contributed by atoms with van der Waals surface area (Å²) in [7, 11) is 0. The van der Waals surface area contributed by atoms with Gasteiger partial charge >= 0.3 is 6.01 Å². The van der Waals surface area contributed by atoms with Crippen molar-refractivity contribution in [3.8, 4) is 17.1 Å². The molecular formula is C32H35ClF3N7O2. The predicted molar refractivity (Wildman–Crippen MR) is 169 cm³/mol. The molecule has 1 N–H and O–H groups in total. The van der Waals surface area contributed by atoms with Crippen molar-refractivity contribution < 1.29 is 22.7 Å². The van der Waals surface area contributed by atoms with E-state index in [9.17, 15) is 13.6 Å². The normalized spacial score (nSPS) is 20.4. The molecule has 0 aliphatic carbocycles. The number of aryl methyl sites for hydroxylation is 2. The van der Waals surface area contributed by atoms with Crippen molar-refractivity contribution in [2.24, 2.45) is 0 Å². The third-order valence-electron chi connectivity index (χ3n) is 8.81. The van der Waals surface area contributed by atoms with Crippen LogP contribution in [-0.2, 0) is 4.79 Å². The minimum atomic E-state index is -2.72. The van der Waals surface area contributed by atoms with Crippen LogP contribution in [0.15, 0.2) is 30.9 Å². The molecule has 9 nitrogen and oxygen atoms in total. The van der Waals surface area contributed by atoms with Crippen LogP contribution in [0.25, 0.3) is 32.9 Å². The van der Waals surface area contributed by atoms with Gasteiger partial charge in [-0.15, -0.1) is 0 Å². The lowest BCUT2D eigenvalue weighted by atomic mass is 9.94. The molecule has 2 atom stereocenters. The molecule has 2 aromatic carbocycles. The zero-order valence-corrected chi connectivity index (χ0v) is 26.4. The van der Waals surface area contributed by atoms with E-state index in [1.807, 2.05) is 44.7 Å². The van der Waals surface area contributed by atoms with Crippen LogP contribution in [-0.4, -0.2) is 93.2 Å². The molecule has 0 bridgehead atoms. The van der Waals surface area contributed by atoms with Crippen LogP contribution >= 0.6 is 11.6 Å². The number of rotatable bonds is 7.